The molecule has 124 valence electrons. The molecule has 21 heavy (non-hydrogen) atoms. The second-order valence-electron chi connectivity index (χ2n) is 5.73. The zero-order valence-corrected chi connectivity index (χ0v) is 12.1. The van der Waals surface area contributed by atoms with Crippen LogP contribution >= 0.6 is 0 Å². The summed E-state index contributed by atoms with van der Waals surface area (Å²) in [5.74, 6) is 0.940. The Bertz CT molecular complexity index is 322. The van der Waals surface area contributed by atoms with Crippen LogP contribution in [0.5, 0.6) is 0 Å². The van der Waals surface area contributed by atoms with Crippen molar-refractivity contribution in [3.05, 3.63) is 35.9 Å². The maximum atomic E-state index is 9.47. The maximum absolute atomic E-state index is 9.47. The number of benzene rings is 1. The van der Waals surface area contributed by atoms with Crippen molar-refractivity contribution in [3.63, 3.8) is 0 Å². The molecule has 1 aliphatic rings. The molecule has 1 aromatic rings. The summed E-state index contributed by atoms with van der Waals surface area (Å²) in [6.07, 6.45) is 4.65. The third-order valence-corrected chi connectivity index (χ3v) is 3.70. The second-order valence-corrected chi connectivity index (χ2v) is 5.73. The molecule has 1 aliphatic carbocycles. The molecular weight excluding hydrogens is 260 g/mol. The molecular formula is C18H36N2O. The van der Waals surface area contributed by atoms with E-state index in [9.17, 15) is 5.11 Å². The third kappa shape index (κ3) is 8.86. The minimum Gasteiger partial charge on any atom is -0.387 e. The van der Waals surface area contributed by atoms with Crippen molar-refractivity contribution in [1.82, 2.24) is 0 Å². The molecule has 0 heterocycles. The lowest BCUT2D eigenvalue weighted by molar-refractivity contribution is 0.153. The van der Waals surface area contributed by atoms with Gasteiger partial charge in [0.1, 0.15) is 0 Å². The van der Waals surface area contributed by atoms with Crippen molar-refractivity contribution in [2.24, 2.45) is 17.4 Å². The summed E-state index contributed by atoms with van der Waals surface area (Å²) >= 11 is 0. The summed E-state index contributed by atoms with van der Waals surface area (Å²) in [5, 5.41) is 9.47. The number of aliphatic hydroxyl groups excluding tert-OH is 1. The number of aliphatic hydroxyl groups is 1. The average molecular weight is 296 g/mol. The second kappa shape index (κ2) is 11.7. The summed E-state index contributed by atoms with van der Waals surface area (Å²) in [6.45, 7) is 4.10. The normalized spacial score (nSPS) is 23.5. The van der Waals surface area contributed by atoms with Crippen molar-refractivity contribution in [2.45, 2.75) is 72.6 Å². The standard InChI is InChI=1S/C9H13NO.C7H15N.2CH4/c1-7(10)9(11)8-5-3-2-4-6-8;1-6-2-4-7(8)5-3-6;;/h2-7,9,11H,10H2,1H3;6-7H,2-5,8H2,1H3;2*1H4/t7-,9-;;;/m1.../s1. The Morgan fingerprint density at radius 2 is 1.52 bits per heavy atom. The monoisotopic (exact) mass is 296 g/mol. The van der Waals surface area contributed by atoms with Crippen LogP contribution in [0.25, 0.3) is 0 Å². The van der Waals surface area contributed by atoms with Crippen LogP contribution in [0.4, 0.5) is 0 Å². The fourth-order valence-corrected chi connectivity index (χ4v) is 2.24. The van der Waals surface area contributed by atoms with E-state index in [1.54, 1.807) is 6.92 Å². The van der Waals surface area contributed by atoms with Gasteiger partial charge in [-0.15, -0.1) is 0 Å². The van der Waals surface area contributed by atoms with E-state index in [0.717, 1.165) is 11.5 Å². The van der Waals surface area contributed by atoms with Crippen molar-refractivity contribution >= 4 is 0 Å². The molecule has 0 bridgehead atoms. The van der Waals surface area contributed by atoms with Crippen LogP contribution < -0.4 is 11.5 Å². The molecule has 1 fully saturated rings. The summed E-state index contributed by atoms with van der Waals surface area (Å²) < 4.78 is 0. The first-order chi connectivity index (χ1) is 9.00. The number of hydrogen-bond donors (Lipinski definition) is 3. The lowest BCUT2D eigenvalue weighted by atomic mass is 9.88. The van der Waals surface area contributed by atoms with Gasteiger partial charge < -0.3 is 16.6 Å². The molecule has 5 N–H and O–H groups in total. The Morgan fingerprint density at radius 3 is 1.90 bits per heavy atom. The number of nitrogens with two attached hydrogens (primary N) is 2. The topological polar surface area (TPSA) is 72.3 Å². The van der Waals surface area contributed by atoms with Crippen LogP contribution in [0, 0.1) is 5.92 Å². The summed E-state index contributed by atoms with van der Waals surface area (Å²) in [7, 11) is 0. The molecule has 3 nitrogen and oxygen atoms in total. The van der Waals surface area contributed by atoms with Crippen molar-refractivity contribution < 1.29 is 5.11 Å². The fraction of sp³-hybridized carbons (Fsp3) is 0.667. The molecule has 2 rings (SSSR count). The fourth-order valence-electron chi connectivity index (χ4n) is 2.24. The Hall–Kier alpha value is -0.900. The van der Waals surface area contributed by atoms with Crippen LogP contribution in [0.1, 0.15) is 66.1 Å². The zero-order chi connectivity index (χ0) is 14.3. The predicted octanol–water partition coefficient (Wildman–Crippen LogP) is 3.86. The third-order valence-electron chi connectivity index (χ3n) is 3.70. The van der Waals surface area contributed by atoms with Crippen molar-refractivity contribution in [2.75, 3.05) is 0 Å². The molecule has 2 atom stereocenters. The lowest BCUT2D eigenvalue weighted by Gasteiger charge is -2.22. The van der Waals surface area contributed by atoms with Crippen LogP contribution in [-0.2, 0) is 0 Å². The van der Waals surface area contributed by atoms with Gasteiger partial charge in [0.05, 0.1) is 6.10 Å². The Kier molecular flexibility index (Phi) is 12.5. The Morgan fingerprint density at radius 1 is 1.05 bits per heavy atom. The van der Waals surface area contributed by atoms with Gasteiger partial charge in [-0.25, -0.2) is 0 Å². The highest BCUT2D eigenvalue weighted by molar-refractivity contribution is 5.18. The van der Waals surface area contributed by atoms with Crippen LogP contribution in [0.15, 0.2) is 30.3 Å². The minimum atomic E-state index is -0.545. The average Bonchev–Trinajstić information content (AvgIpc) is 2.43. The molecule has 0 aliphatic heterocycles. The van der Waals surface area contributed by atoms with Crippen LogP contribution in [0.3, 0.4) is 0 Å². The van der Waals surface area contributed by atoms with Gasteiger partial charge in [0, 0.05) is 12.1 Å². The Labute approximate surface area is 131 Å². The van der Waals surface area contributed by atoms with Gasteiger partial charge in [0.2, 0.25) is 0 Å². The smallest absolute Gasteiger partial charge is 0.0938 e. The highest BCUT2D eigenvalue weighted by atomic mass is 16.3. The van der Waals surface area contributed by atoms with E-state index in [0.29, 0.717) is 6.04 Å². The van der Waals surface area contributed by atoms with Crippen LogP contribution in [0.2, 0.25) is 0 Å². The molecule has 0 saturated heterocycles. The maximum Gasteiger partial charge on any atom is 0.0938 e. The van der Waals surface area contributed by atoms with Crippen LogP contribution in [-0.4, -0.2) is 17.2 Å². The molecule has 0 radical (unpaired) electrons. The first-order valence-corrected chi connectivity index (χ1v) is 7.25. The van der Waals surface area contributed by atoms with E-state index in [1.807, 2.05) is 30.3 Å². The van der Waals surface area contributed by atoms with E-state index in [1.165, 1.54) is 25.7 Å². The van der Waals surface area contributed by atoms with Crippen molar-refractivity contribution in [3.8, 4) is 0 Å². The number of hydrogen-bond acceptors (Lipinski definition) is 3. The van der Waals surface area contributed by atoms with Gasteiger partial charge in [0.25, 0.3) is 0 Å². The molecule has 0 amide bonds. The van der Waals surface area contributed by atoms with Gasteiger partial charge in [0.15, 0.2) is 0 Å². The van der Waals surface area contributed by atoms with Gasteiger partial charge in [-0.05, 0) is 44.1 Å². The molecule has 0 spiro atoms. The van der Waals surface area contributed by atoms with E-state index in [2.05, 4.69) is 6.92 Å². The van der Waals surface area contributed by atoms with E-state index >= 15 is 0 Å². The van der Waals surface area contributed by atoms with Gasteiger partial charge in [-0.2, -0.15) is 0 Å². The predicted molar refractivity (Wildman–Crippen MR) is 94.1 cm³/mol. The zero-order valence-electron chi connectivity index (χ0n) is 12.1. The van der Waals surface area contributed by atoms with E-state index in [4.69, 9.17) is 11.5 Å². The van der Waals surface area contributed by atoms with Gasteiger partial charge >= 0.3 is 0 Å². The molecule has 0 unspecified atom stereocenters. The largest absolute Gasteiger partial charge is 0.387 e. The SMILES string of the molecule is C.C.CC1CCC(N)CC1.C[C@@H](N)[C@@H](O)c1ccccc1. The Balaban J connectivity index is 0. The van der Waals surface area contributed by atoms with Gasteiger partial charge in [-0.3, -0.25) is 0 Å². The lowest BCUT2D eigenvalue weighted by Crippen LogP contribution is -2.25. The number of rotatable bonds is 2. The minimum absolute atomic E-state index is 0. The van der Waals surface area contributed by atoms with Gasteiger partial charge in [-0.1, -0.05) is 52.1 Å². The molecule has 3 heteroatoms. The molecule has 1 saturated carbocycles. The first-order valence-electron chi connectivity index (χ1n) is 7.25. The highest BCUT2D eigenvalue weighted by Gasteiger charge is 2.13. The summed E-state index contributed by atoms with van der Waals surface area (Å²) in [5.41, 5.74) is 12.1. The summed E-state index contributed by atoms with van der Waals surface area (Å²) in [6, 6.07) is 9.74. The molecule has 1 aromatic carbocycles. The van der Waals surface area contributed by atoms with Crippen molar-refractivity contribution in [1.29, 1.82) is 0 Å². The first kappa shape index (κ1) is 22.4. The quantitative estimate of drug-likeness (QED) is 0.776. The van der Waals surface area contributed by atoms with E-state index < -0.39 is 6.10 Å². The van der Waals surface area contributed by atoms with E-state index in [-0.39, 0.29) is 20.9 Å². The summed E-state index contributed by atoms with van der Waals surface area (Å²) in [4.78, 5) is 0. The molecule has 0 aromatic heterocycles. The highest BCUT2D eigenvalue weighted by Crippen LogP contribution is 2.21.